The van der Waals surface area contributed by atoms with Crippen LogP contribution >= 0.6 is 0 Å². The molecule has 0 atom stereocenters. The van der Waals surface area contributed by atoms with Gasteiger partial charge < -0.3 is 10.2 Å². The Morgan fingerprint density at radius 2 is 1.58 bits per heavy atom. The molecule has 1 aliphatic carbocycles. The van der Waals surface area contributed by atoms with Gasteiger partial charge in [0.05, 0.1) is 5.69 Å². The quantitative estimate of drug-likeness (QED) is 0.652. The lowest BCUT2D eigenvalue weighted by Crippen LogP contribution is -2.47. The van der Waals surface area contributed by atoms with Crippen LogP contribution in [0.25, 0.3) is 5.69 Å². The van der Waals surface area contributed by atoms with Crippen molar-refractivity contribution in [2.45, 2.75) is 25.7 Å². The zero-order chi connectivity index (χ0) is 21.0. The lowest BCUT2D eigenvalue weighted by Gasteiger charge is -2.36. The average molecular weight is 420 g/mol. The van der Waals surface area contributed by atoms with Crippen molar-refractivity contribution in [1.82, 2.24) is 14.7 Å². The van der Waals surface area contributed by atoms with Crippen LogP contribution in [0.3, 0.4) is 0 Å². The highest BCUT2D eigenvalue weighted by molar-refractivity contribution is 5.51. The van der Waals surface area contributed by atoms with Crippen LogP contribution in [0.5, 0.6) is 0 Å². The second kappa shape index (κ2) is 9.10. The molecule has 0 saturated carbocycles. The van der Waals surface area contributed by atoms with Gasteiger partial charge in [0.15, 0.2) is 5.82 Å². The fourth-order valence-electron chi connectivity index (χ4n) is 4.74. The monoisotopic (exact) mass is 419 g/mol. The minimum Gasteiger partial charge on any atom is -0.369 e. The minimum absolute atomic E-state index is 0.176. The minimum atomic E-state index is -0.176. The molecule has 1 fully saturated rings. The van der Waals surface area contributed by atoms with Crippen LogP contribution in [0.1, 0.15) is 24.1 Å². The first kappa shape index (κ1) is 20.1. The van der Waals surface area contributed by atoms with Crippen molar-refractivity contribution < 1.29 is 4.39 Å². The van der Waals surface area contributed by atoms with Crippen LogP contribution in [-0.2, 0) is 12.8 Å². The van der Waals surface area contributed by atoms with Crippen molar-refractivity contribution in [3.63, 3.8) is 0 Å². The average Bonchev–Trinajstić information content (AvgIpc) is 3.19. The molecule has 162 valence electrons. The zero-order valence-electron chi connectivity index (χ0n) is 17.9. The predicted molar refractivity (Wildman–Crippen MR) is 124 cm³/mol. The van der Waals surface area contributed by atoms with E-state index in [2.05, 4.69) is 50.1 Å². The molecule has 1 aromatic heterocycles. The van der Waals surface area contributed by atoms with Crippen LogP contribution in [0.15, 0.2) is 54.6 Å². The second-order valence-electron chi connectivity index (χ2n) is 8.46. The van der Waals surface area contributed by atoms with E-state index in [1.807, 2.05) is 12.1 Å². The van der Waals surface area contributed by atoms with E-state index in [0.717, 1.165) is 69.3 Å². The molecule has 0 bridgehead atoms. The van der Waals surface area contributed by atoms with Gasteiger partial charge >= 0.3 is 0 Å². The molecule has 2 aliphatic rings. The SMILES string of the molecule is Fc1ccc(N2CCN(CCNc3nn(-c4ccccc4)c4c3CCCC4)CC2)cc1. The van der Waals surface area contributed by atoms with E-state index in [1.54, 1.807) is 12.1 Å². The van der Waals surface area contributed by atoms with Gasteiger partial charge in [0.1, 0.15) is 5.82 Å². The molecule has 0 radical (unpaired) electrons. The normalized spacial score (nSPS) is 16.9. The third-order valence-electron chi connectivity index (χ3n) is 6.47. The molecule has 5 rings (SSSR count). The maximum atomic E-state index is 13.2. The summed E-state index contributed by atoms with van der Waals surface area (Å²) in [6.45, 7) is 5.90. The van der Waals surface area contributed by atoms with Gasteiger partial charge in [-0.15, -0.1) is 5.10 Å². The molecule has 1 aliphatic heterocycles. The van der Waals surface area contributed by atoms with Gasteiger partial charge in [0, 0.05) is 56.2 Å². The lowest BCUT2D eigenvalue weighted by molar-refractivity contribution is 0.267. The summed E-state index contributed by atoms with van der Waals surface area (Å²) in [5.74, 6) is 0.883. The summed E-state index contributed by atoms with van der Waals surface area (Å²) in [5, 5.41) is 8.58. The van der Waals surface area contributed by atoms with E-state index in [4.69, 9.17) is 5.10 Å². The maximum Gasteiger partial charge on any atom is 0.152 e. The highest BCUT2D eigenvalue weighted by atomic mass is 19.1. The van der Waals surface area contributed by atoms with Crippen LogP contribution in [0.2, 0.25) is 0 Å². The van der Waals surface area contributed by atoms with Crippen molar-refractivity contribution >= 4 is 11.5 Å². The second-order valence-corrected chi connectivity index (χ2v) is 8.46. The number of nitrogens with zero attached hydrogens (tertiary/aromatic N) is 4. The molecular weight excluding hydrogens is 389 g/mol. The molecule has 2 aromatic carbocycles. The number of halogens is 1. The fourth-order valence-corrected chi connectivity index (χ4v) is 4.74. The summed E-state index contributed by atoms with van der Waals surface area (Å²) in [7, 11) is 0. The van der Waals surface area contributed by atoms with Crippen LogP contribution in [-0.4, -0.2) is 53.9 Å². The van der Waals surface area contributed by atoms with Crippen molar-refractivity contribution in [2.75, 3.05) is 49.5 Å². The zero-order valence-corrected chi connectivity index (χ0v) is 17.9. The molecule has 1 N–H and O–H groups in total. The van der Waals surface area contributed by atoms with Crippen molar-refractivity contribution in [1.29, 1.82) is 0 Å². The molecule has 0 amide bonds. The van der Waals surface area contributed by atoms with E-state index in [9.17, 15) is 4.39 Å². The number of fused-ring (bicyclic) bond motifs is 1. The summed E-state index contributed by atoms with van der Waals surface area (Å²) in [6.07, 6.45) is 4.70. The largest absolute Gasteiger partial charge is 0.369 e. The Bertz CT molecular complexity index is 991. The number of piperazine rings is 1. The van der Waals surface area contributed by atoms with Crippen molar-refractivity contribution in [2.24, 2.45) is 0 Å². The Kier molecular flexibility index (Phi) is 5.89. The van der Waals surface area contributed by atoms with Gasteiger partial charge in [0.25, 0.3) is 0 Å². The first-order valence-electron chi connectivity index (χ1n) is 11.4. The Hall–Kier alpha value is -2.86. The highest BCUT2D eigenvalue weighted by Gasteiger charge is 2.22. The summed E-state index contributed by atoms with van der Waals surface area (Å²) in [5.41, 5.74) is 5.02. The van der Waals surface area contributed by atoms with Crippen LogP contribution < -0.4 is 10.2 Å². The van der Waals surface area contributed by atoms with Gasteiger partial charge in [-0.3, -0.25) is 4.90 Å². The summed E-state index contributed by atoms with van der Waals surface area (Å²) >= 11 is 0. The van der Waals surface area contributed by atoms with E-state index in [-0.39, 0.29) is 5.82 Å². The third kappa shape index (κ3) is 4.44. The van der Waals surface area contributed by atoms with Gasteiger partial charge in [0.2, 0.25) is 0 Å². The Labute approximate surface area is 183 Å². The number of benzene rings is 2. The van der Waals surface area contributed by atoms with Gasteiger partial charge in [-0.2, -0.15) is 0 Å². The maximum absolute atomic E-state index is 13.2. The first-order chi connectivity index (χ1) is 15.3. The predicted octanol–water partition coefficient (Wildman–Crippen LogP) is 4.12. The van der Waals surface area contributed by atoms with Crippen molar-refractivity contribution in [3.8, 4) is 5.69 Å². The van der Waals surface area contributed by atoms with Gasteiger partial charge in [-0.1, -0.05) is 18.2 Å². The lowest BCUT2D eigenvalue weighted by atomic mass is 9.97. The van der Waals surface area contributed by atoms with Gasteiger partial charge in [-0.05, 0) is 62.1 Å². The van der Waals surface area contributed by atoms with Gasteiger partial charge in [-0.25, -0.2) is 9.07 Å². The number of anilines is 2. The van der Waals surface area contributed by atoms with Crippen LogP contribution in [0, 0.1) is 5.82 Å². The number of para-hydroxylation sites is 1. The Morgan fingerprint density at radius 1 is 0.839 bits per heavy atom. The molecule has 5 nitrogen and oxygen atoms in total. The molecule has 2 heterocycles. The number of rotatable bonds is 6. The number of aromatic nitrogens is 2. The smallest absolute Gasteiger partial charge is 0.152 e. The van der Waals surface area contributed by atoms with Crippen molar-refractivity contribution in [3.05, 3.63) is 71.7 Å². The molecule has 0 unspecified atom stereocenters. The Balaban J connectivity index is 1.18. The standard InChI is InChI=1S/C25H30FN5/c26-20-10-12-21(13-11-20)30-18-16-29(17-19-30)15-14-27-25-23-8-4-5-9-24(23)31(28-25)22-6-2-1-3-7-22/h1-3,6-7,10-13H,4-5,8-9,14-19H2,(H,27,28). The molecule has 1 saturated heterocycles. The summed E-state index contributed by atoms with van der Waals surface area (Å²) in [6, 6.07) is 17.3. The molecule has 3 aromatic rings. The highest BCUT2D eigenvalue weighted by Crippen LogP contribution is 2.29. The fraction of sp³-hybridized carbons (Fsp3) is 0.400. The molecule has 0 spiro atoms. The van der Waals surface area contributed by atoms with E-state index in [1.165, 1.54) is 24.1 Å². The topological polar surface area (TPSA) is 36.3 Å². The molecular formula is C25H30FN5. The number of nitrogens with one attached hydrogen (secondary N) is 1. The van der Waals surface area contributed by atoms with E-state index < -0.39 is 0 Å². The first-order valence-corrected chi connectivity index (χ1v) is 11.4. The molecule has 31 heavy (non-hydrogen) atoms. The van der Waals surface area contributed by atoms with E-state index in [0.29, 0.717) is 0 Å². The van der Waals surface area contributed by atoms with E-state index >= 15 is 0 Å². The number of hydrogen-bond donors (Lipinski definition) is 1. The molecule has 6 heteroatoms. The summed E-state index contributed by atoms with van der Waals surface area (Å²) in [4.78, 5) is 4.83. The third-order valence-corrected chi connectivity index (χ3v) is 6.47. The summed E-state index contributed by atoms with van der Waals surface area (Å²) < 4.78 is 15.3. The number of hydrogen-bond acceptors (Lipinski definition) is 4. The Morgan fingerprint density at radius 3 is 2.35 bits per heavy atom. The van der Waals surface area contributed by atoms with Crippen LogP contribution in [0.4, 0.5) is 15.9 Å².